The molecule has 2 heterocycles. The van der Waals surface area contributed by atoms with Gasteiger partial charge >= 0.3 is 0 Å². The van der Waals surface area contributed by atoms with E-state index in [1.165, 1.54) is 265 Å². The van der Waals surface area contributed by atoms with E-state index < -0.39 is 0 Å². The number of hydrogen-bond donors (Lipinski definition) is 0. The van der Waals surface area contributed by atoms with Gasteiger partial charge in [0.2, 0.25) is 0 Å². The SMILES string of the molecule is O=c1c2ccccc2n(-c2c(C3CCCCCC3)cc(C3CCCCCC3)cc2C2CCCCCC2)c2cc3c(=O)c4ccccc4n(-c4c(C5CCCCCC5)cc(C5CCCCCC5)cc4C4CCCCCC4)c3cc12. The second-order valence-electron chi connectivity index (χ2n) is 26.5. The minimum Gasteiger partial charge on any atom is -0.308 e. The standard InChI is InChI=1S/C74H92N2O2/c77-73-59-41-25-27-43-67(59)75(71-61(53-33-17-5-6-18-34-53)45-57(51-29-13-1-2-14-30-51)46-62(71)54-35-19-7-8-20-36-54)69-49-66-70(50-65(69)73)76(68-44-28-26-42-60(68)74(66)78)72-63(55-37-21-9-10-22-38-55)47-58(52-31-15-3-4-16-32-52)48-64(72)56-39-23-11-12-24-40-56/h25-28,41-56H,1-24,29-40H2. The molecule has 0 atom stereocenters. The first-order valence-corrected chi connectivity index (χ1v) is 33.0. The summed E-state index contributed by atoms with van der Waals surface area (Å²) in [5.41, 5.74) is 16.0. The Bertz CT molecular complexity index is 3040. The molecule has 0 spiro atoms. The smallest absolute Gasteiger partial charge is 0.197 e. The summed E-state index contributed by atoms with van der Waals surface area (Å²) in [6.07, 6.45) is 46.3. The van der Waals surface area contributed by atoms with Crippen LogP contribution in [0.25, 0.3) is 55.0 Å². The first-order valence-electron chi connectivity index (χ1n) is 33.0. The molecule has 0 radical (unpaired) electrons. The van der Waals surface area contributed by atoms with Gasteiger partial charge < -0.3 is 9.13 Å². The van der Waals surface area contributed by atoms with Crippen LogP contribution < -0.4 is 10.9 Å². The average molecular weight is 1040 g/mol. The van der Waals surface area contributed by atoms with Crippen LogP contribution >= 0.6 is 0 Å². The maximum absolute atomic E-state index is 15.9. The van der Waals surface area contributed by atoms with Gasteiger partial charge in [0.25, 0.3) is 0 Å². The summed E-state index contributed by atoms with van der Waals surface area (Å²) < 4.78 is 5.19. The summed E-state index contributed by atoms with van der Waals surface area (Å²) in [4.78, 5) is 31.8. The number of fused-ring (bicyclic) bond motifs is 4. The third-order valence-electron chi connectivity index (χ3n) is 21.5. The minimum atomic E-state index is 0.0877. The van der Waals surface area contributed by atoms with Crippen LogP contribution in [0.3, 0.4) is 0 Å². The topological polar surface area (TPSA) is 44.0 Å². The predicted molar refractivity (Wildman–Crippen MR) is 330 cm³/mol. The summed E-state index contributed by atoms with van der Waals surface area (Å²) in [6, 6.07) is 32.6. The zero-order valence-corrected chi connectivity index (χ0v) is 47.7. The van der Waals surface area contributed by atoms with Crippen molar-refractivity contribution in [1.29, 1.82) is 0 Å². The number of pyridine rings is 2. The van der Waals surface area contributed by atoms with Gasteiger partial charge in [0.05, 0.1) is 33.4 Å². The molecular formula is C74H92N2O2. The molecule has 4 nitrogen and oxygen atoms in total. The second-order valence-corrected chi connectivity index (χ2v) is 26.5. The molecule has 6 fully saturated rings. The van der Waals surface area contributed by atoms with E-state index in [2.05, 4.69) is 94.1 Å². The first kappa shape index (κ1) is 52.4. The third-order valence-corrected chi connectivity index (χ3v) is 21.5. The van der Waals surface area contributed by atoms with E-state index in [0.29, 0.717) is 35.5 Å². The lowest BCUT2D eigenvalue weighted by Crippen LogP contribution is -2.19. The highest BCUT2D eigenvalue weighted by atomic mass is 16.1. The zero-order valence-electron chi connectivity index (χ0n) is 47.7. The van der Waals surface area contributed by atoms with Crippen molar-refractivity contribution in [3.8, 4) is 11.4 Å². The van der Waals surface area contributed by atoms with Gasteiger partial charge in [-0.05, 0) is 182 Å². The van der Waals surface area contributed by atoms with Crippen molar-refractivity contribution in [1.82, 2.24) is 9.13 Å². The Hall–Kier alpha value is -4.96. The molecule has 6 saturated carbocycles. The third kappa shape index (κ3) is 10.4. The maximum atomic E-state index is 15.9. The van der Waals surface area contributed by atoms with Gasteiger partial charge in [0, 0.05) is 21.5 Å². The van der Waals surface area contributed by atoms with Crippen molar-refractivity contribution in [2.75, 3.05) is 0 Å². The molecule has 4 heteroatoms. The van der Waals surface area contributed by atoms with E-state index >= 15 is 9.59 Å². The van der Waals surface area contributed by atoms with E-state index in [0.717, 1.165) is 43.6 Å². The highest BCUT2D eigenvalue weighted by Gasteiger charge is 2.33. The van der Waals surface area contributed by atoms with Gasteiger partial charge in [-0.3, -0.25) is 9.59 Å². The summed E-state index contributed by atoms with van der Waals surface area (Å²) in [6.45, 7) is 0. The van der Waals surface area contributed by atoms with Crippen LogP contribution in [0.2, 0.25) is 0 Å². The molecule has 6 aliphatic rings. The van der Waals surface area contributed by atoms with Gasteiger partial charge in [-0.1, -0.05) is 203 Å². The largest absolute Gasteiger partial charge is 0.308 e. The molecule has 410 valence electrons. The molecule has 0 N–H and O–H groups in total. The van der Waals surface area contributed by atoms with E-state index in [-0.39, 0.29) is 10.9 Å². The fourth-order valence-corrected chi connectivity index (χ4v) is 17.3. The zero-order chi connectivity index (χ0) is 52.4. The molecule has 0 aliphatic heterocycles. The van der Waals surface area contributed by atoms with E-state index in [1.807, 2.05) is 0 Å². The normalized spacial score (nSPS) is 21.3. The van der Waals surface area contributed by atoms with Crippen LogP contribution in [-0.4, -0.2) is 9.13 Å². The van der Waals surface area contributed by atoms with Crippen LogP contribution in [0, 0.1) is 0 Å². The molecule has 7 aromatic rings. The van der Waals surface area contributed by atoms with Crippen LogP contribution in [0.4, 0.5) is 0 Å². The molecule has 0 amide bonds. The van der Waals surface area contributed by atoms with Gasteiger partial charge in [-0.2, -0.15) is 0 Å². The van der Waals surface area contributed by atoms with Crippen LogP contribution in [0.1, 0.15) is 300 Å². The maximum Gasteiger partial charge on any atom is 0.197 e. The fraction of sp³-hybridized carbons (Fsp3) is 0.568. The molecular weight excluding hydrogens is 949 g/mol. The van der Waals surface area contributed by atoms with Crippen molar-refractivity contribution in [3.05, 3.63) is 139 Å². The monoisotopic (exact) mass is 1040 g/mol. The molecule has 13 rings (SSSR count). The molecule has 6 aliphatic carbocycles. The van der Waals surface area contributed by atoms with Crippen LogP contribution in [0.15, 0.2) is 94.5 Å². The number of aromatic nitrogens is 2. The number of para-hydroxylation sites is 2. The van der Waals surface area contributed by atoms with Gasteiger partial charge in [-0.15, -0.1) is 0 Å². The van der Waals surface area contributed by atoms with Gasteiger partial charge in [0.1, 0.15) is 0 Å². The van der Waals surface area contributed by atoms with E-state index in [9.17, 15) is 0 Å². The molecule has 2 aromatic heterocycles. The molecule has 0 saturated heterocycles. The second kappa shape index (κ2) is 24.0. The van der Waals surface area contributed by atoms with Gasteiger partial charge in [0.15, 0.2) is 10.9 Å². The van der Waals surface area contributed by atoms with E-state index in [4.69, 9.17) is 0 Å². The van der Waals surface area contributed by atoms with Crippen molar-refractivity contribution in [2.24, 2.45) is 0 Å². The number of rotatable bonds is 8. The lowest BCUT2D eigenvalue weighted by Gasteiger charge is -2.32. The highest BCUT2D eigenvalue weighted by Crippen LogP contribution is 2.49. The van der Waals surface area contributed by atoms with E-state index in [1.54, 1.807) is 11.1 Å². The Morgan fingerprint density at radius 3 is 0.769 bits per heavy atom. The Labute approximate surface area is 467 Å². The molecule has 0 bridgehead atoms. The van der Waals surface area contributed by atoms with Crippen molar-refractivity contribution >= 4 is 43.6 Å². The quantitative estimate of drug-likeness (QED) is 0.112. The summed E-state index contributed by atoms with van der Waals surface area (Å²) in [7, 11) is 0. The molecule has 78 heavy (non-hydrogen) atoms. The van der Waals surface area contributed by atoms with Crippen molar-refractivity contribution < 1.29 is 0 Å². The van der Waals surface area contributed by atoms with Crippen LogP contribution in [0.5, 0.6) is 0 Å². The lowest BCUT2D eigenvalue weighted by atomic mass is 9.79. The van der Waals surface area contributed by atoms with Crippen LogP contribution in [-0.2, 0) is 0 Å². The van der Waals surface area contributed by atoms with Crippen molar-refractivity contribution in [2.45, 2.75) is 267 Å². The van der Waals surface area contributed by atoms with Crippen molar-refractivity contribution in [3.63, 3.8) is 0 Å². The summed E-state index contributed by atoms with van der Waals surface area (Å²) in [5.74, 6) is 3.02. The molecule has 5 aromatic carbocycles. The Balaban J connectivity index is 1.15. The summed E-state index contributed by atoms with van der Waals surface area (Å²) in [5, 5.41) is 3.07. The first-order chi connectivity index (χ1) is 38.6. The van der Waals surface area contributed by atoms with Gasteiger partial charge in [-0.25, -0.2) is 0 Å². The number of hydrogen-bond acceptors (Lipinski definition) is 2. The minimum absolute atomic E-state index is 0.0877. The molecule has 0 unspecified atom stereocenters. The Morgan fingerprint density at radius 1 is 0.256 bits per heavy atom. The number of nitrogens with zero attached hydrogens (tertiary/aromatic N) is 2. The Morgan fingerprint density at radius 2 is 0.500 bits per heavy atom. The average Bonchev–Trinajstić information content (AvgIpc) is 4.14. The summed E-state index contributed by atoms with van der Waals surface area (Å²) >= 11 is 0. The highest BCUT2D eigenvalue weighted by molar-refractivity contribution is 6.05. The fourth-order valence-electron chi connectivity index (χ4n) is 17.3. The predicted octanol–water partition coefficient (Wildman–Crippen LogP) is 21.2. The Kier molecular flexibility index (Phi) is 16.1. The number of benzene rings is 5. The lowest BCUT2D eigenvalue weighted by molar-refractivity contribution is 0.560.